The minimum atomic E-state index is 0.510. The molecule has 13 heavy (non-hydrogen) atoms. The summed E-state index contributed by atoms with van der Waals surface area (Å²) in [4.78, 5) is 0. The molecule has 1 aromatic rings. The second-order valence-electron chi connectivity index (χ2n) is 2.66. The Balaban J connectivity index is 0.000000671. The van der Waals surface area contributed by atoms with Crippen molar-refractivity contribution in [2.45, 2.75) is 33.2 Å². The molecule has 1 unspecified atom stereocenters. The first kappa shape index (κ1) is 12.2. The topological polar surface area (TPSA) is 12.0 Å². The fourth-order valence-corrected chi connectivity index (χ4v) is 1.29. The van der Waals surface area contributed by atoms with Crippen LogP contribution < -0.4 is 5.32 Å². The van der Waals surface area contributed by atoms with Gasteiger partial charge in [-0.05, 0) is 19.0 Å². The van der Waals surface area contributed by atoms with Crippen molar-refractivity contribution in [2.24, 2.45) is 0 Å². The molecule has 1 aromatic carbocycles. The van der Waals surface area contributed by atoms with Crippen molar-refractivity contribution in [2.75, 3.05) is 7.05 Å². The Bertz CT molecular complexity index is 190. The average Bonchev–Trinajstić information content (AvgIpc) is 2.24. The van der Waals surface area contributed by atoms with Crippen LogP contribution in [0.3, 0.4) is 0 Å². The van der Waals surface area contributed by atoms with Gasteiger partial charge in [0.25, 0.3) is 0 Å². The van der Waals surface area contributed by atoms with Crippen molar-refractivity contribution in [1.29, 1.82) is 0 Å². The second-order valence-corrected chi connectivity index (χ2v) is 2.66. The molecule has 0 amide bonds. The van der Waals surface area contributed by atoms with Crippen LogP contribution in [0, 0.1) is 0 Å². The maximum absolute atomic E-state index is 3.27. The first-order valence-corrected chi connectivity index (χ1v) is 5.10. The fourth-order valence-electron chi connectivity index (χ4n) is 1.29. The summed E-state index contributed by atoms with van der Waals surface area (Å²) in [7, 11) is 2.00. The largest absolute Gasteiger partial charge is 0.313 e. The summed E-state index contributed by atoms with van der Waals surface area (Å²) in [5.74, 6) is 0. The van der Waals surface area contributed by atoms with E-state index in [0.29, 0.717) is 6.04 Å². The molecule has 0 saturated heterocycles. The van der Waals surface area contributed by atoms with Crippen LogP contribution in [-0.4, -0.2) is 7.05 Å². The van der Waals surface area contributed by atoms with E-state index in [-0.39, 0.29) is 0 Å². The minimum absolute atomic E-state index is 0.510. The molecule has 0 aliphatic rings. The molecule has 1 nitrogen and oxygen atoms in total. The smallest absolute Gasteiger partial charge is 0.0314 e. The molecule has 0 fully saturated rings. The van der Waals surface area contributed by atoms with Crippen molar-refractivity contribution < 1.29 is 0 Å². The molecule has 74 valence electrons. The lowest BCUT2D eigenvalue weighted by atomic mass is 10.1. The highest BCUT2D eigenvalue weighted by Crippen LogP contribution is 2.14. The van der Waals surface area contributed by atoms with E-state index in [1.165, 1.54) is 5.56 Å². The maximum atomic E-state index is 3.27. The normalized spacial score (nSPS) is 11.4. The molecule has 0 aromatic heterocycles. The first-order valence-electron chi connectivity index (χ1n) is 5.10. The summed E-state index contributed by atoms with van der Waals surface area (Å²) >= 11 is 0. The van der Waals surface area contributed by atoms with E-state index >= 15 is 0 Å². The van der Waals surface area contributed by atoms with E-state index in [0.717, 1.165) is 6.42 Å². The lowest BCUT2D eigenvalue weighted by Crippen LogP contribution is -2.14. The molecular formula is C12H21N. The zero-order chi connectivity index (χ0) is 10.1. The van der Waals surface area contributed by atoms with E-state index in [1.807, 2.05) is 27.0 Å². The van der Waals surface area contributed by atoms with Gasteiger partial charge < -0.3 is 5.32 Å². The van der Waals surface area contributed by atoms with Crippen molar-refractivity contribution in [1.82, 2.24) is 5.32 Å². The summed E-state index contributed by atoms with van der Waals surface area (Å²) in [6.45, 7) is 6.19. The van der Waals surface area contributed by atoms with Crippen LogP contribution in [0.25, 0.3) is 0 Å². The number of nitrogens with one attached hydrogen (secondary N) is 1. The Morgan fingerprint density at radius 3 is 2.08 bits per heavy atom. The van der Waals surface area contributed by atoms with Crippen molar-refractivity contribution >= 4 is 0 Å². The van der Waals surface area contributed by atoms with Gasteiger partial charge in [-0.2, -0.15) is 0 Å². The number of rotatable bonds is 3. The van der Waals surface area contributed by atoms with Gasteiger partial charge in [-0.1, -0.05) is 51.1 Å². The molecule has 0 aliphatic carbocycles. The Kier molecular flexibility index (Phi) is 7.32. The highest BCUT2D eigenvalue weighted by Gasteiger charge is 2.03. The van der Waals surface area contributed by atoms with Crippen LogP contribution in [0.5, 0.6) is 0 Å². The van der Waals surface area contributed by atoms with Gasteiger partial charge in [0, 0.05) is 6.04 Å². The Hall–Kier alpha value is -0.820. The minimum Gasteiger partial charge on any atom is -0.313 e. The van der Waals surface area contributed by atoms with Crippen LogP contribution in [0.1, 0.15) is 38.8 Å². The van der Waals surface area contributed by atoms with E-state index in [2.05, 4.69) is 36.5 Å². The highest BCUT2D eigenvalue weighted by molar-refractivity contribution is 5.18. The summed E-state index contributed by atoms with van der Waals surface area (Å²) in [5.41, 5.74) is 1.37. The third-order valence-electron chi connectivity index (χ3n) is 1.96. The molecule has 0 spiro atoms. The van der Waals surface area contributed by atoms with Gasteiger partial charge in [-0.3, -0.25) is 0 Å². The summed E-state index contributed by atoms with van der Waals surface area (Å²) in [5, 5.41) is 3.27. The predicted octanol–water partition coefficient (Wildman–Crippen LogP) is 3.38. The standard InChI is InChI=1S/C10H15N.C2H6/c1-3-10(11-2)9-7-5-4-6-8-9;1-2/h4-8,10-11H,3H2,1-2H3;1-2H3. The highest BCUT2D eigenvalue weighted by atomic mass is 14.9. The van der Waals surface area contributed by atoms with E-state index in [9.17, 15) is 0 Å². The quantitative estimate of drug-likeness (QED) is 0.750. The van der Waals surface area contributed by atoms with E-state index < -0.39 is 0 Å². The molecule has 0 aliphatic heterocycles. The van der Waals surface area contributed by atoms with E-state index in [4.69, 9.17) is 0 Å². The Morgan fingerprint density at radius 2 is 1.69 bits per heavy atom. The molecule has 1 rings (SSSR count). The van der Waals surface area contributed by atoms with Crippen molar-refractivity contribution in [3.05, 3.63) is 35.9 Å². The molecule has 1 heteroatoms. The first-order chi connectivity index (χ1) is 6.38. The lowest BCUT2D eigenvalue weighted by Gasteiger charge is -2.13. The van der Waals surface area contributed by atoms with Crippen molar-refractivity contribution in [3.63, 3.8) is 0 Å². The maximum Gasteiger partial charge on any atom is 0.0314 e. The third kappa shape index (κ3) is 4.09. The molecule has 0 radical (unpaired) electrons. The summed E-state index contributed by atoms with van der Waals surface area (Å²) in [6.07, 6.45) is 1.14. The molecule has 1 N–H and O–H groups in total. The third-order valence-corrected chi connectivity index (χ3v) is 1.96. The number of benzene rings is 1. The van der Waals surface area contributed by atoms with Crippen LogP contribution in [0.15, 0.2) is 30.3 Å². The number of hydrogen-bond acceptors (Lipinski definition) is 1. The molecule has 0 bridgehead atoms. The zero-order valence-electron chi connectivity index (χ0n) is 9.17. The summed E-state index contributed by atoms with van der Waals surface area (Å²) in [6, 6.07) is 11.0. The van der Waals surface area contributed by atoms with Gasteiger partial charge >= 0.3 is 0 Å². The fraction of sp³-hybridized carbons (Fsp3) is 0.500. The molecule has 0 saturated carbocycles. The molecule has 0 heterocycles. The zero-order valence-corrected chi connectivity index (χ0v) is 9.17. The molecular weight excluding hydrogens is 158 g/mol. The molecule has 1 atom stereocenters. The SMILES string of the molecule is CC.CCC(NC)c1ccccc1. The van der Waals surface area contributed by atoms with Gasteiger partial charge in [0.1, 0.15) is 0 Å². The predicted molar refractivity (Wildman–Crippen MR) is 59.9 cm³/mol. The Labute approximate surface area is 82.2 Å². The van der Waals surface area contributed by atoms with Crippen LogP contribution in [0.4, 0.5) is 0 Å². The lowest BCUT2D eigenvalue weighted by molar-refractivity contribution is 0.577. The Morgan fingerprint density at radius 1 is 1.15 bits per heavy atom. The van der Waals surface area contributed by atoms with Crippen molar-refractivity contribution in [3.8, 4) is 0 Å². The van der Waals surface area contributed by atoms with Gasteiger partial charge in [0.2, 0.25) is 0 Å². The second kappa shape index (κ2) is 7.81. The number of hydrogen-bond donors (Lipinski definition) is 1. The van der Waals surface area contributed by atoms with Gasteiger partial charge in [-0.25, -0.2) is 0 Å². The van der Waals surface area contributed by atoms with E-state index in [1.54, 1.807) is 0 Å². The van der Waals surface area contributed by atoms with Gasteiger partial charge in [0.05, 0.1) is 0 Å². The van der Waals surface area contributed by atoms with Crippen LogP contribution in [-0.2, 0) is 0 Å². The van der Waals surface area contributed by atoms with Gasteiger partial charge in [0.15, 0.2) is 0 Å². The van der Waals surface area contributed by atoms with Crippen LogP contribution >= 0.6 is 0 Å². The average molecular weight is 179 g/mol. The van der Waals surface area contributed by atoms with Gasteiger partial charge in [-0.15, -0.1) is 0 Å². The van der Waals surface area contributed by atoms with Crippen LogP contribution in [0.2, 0.25) is 0 Å². The summed E-state index contributed by atoms with van der Waals surface area (Å²) < 4.78 is 0. The monoisotopic (exact) mass is 179 g/mol.